The van der Waals surface area contributed by atoms with Gasteiger partial charge in [-0.05, 0) is 62.3 Å². The molecule has 160 valence electrons. The van der Waals surface area contributed by atoms with E-state index in [1.165, 1.54) is 4.57 Å². The molecule has 0 radical (unpaired) electrons. The van der Waals surface area contributed by atoms with E-state index in [0.29, 0.717) is 16.8 Å². The van der Waals surface area contributed by atoms with E-state index in [2.05, 4.69) is 12.1 Å². The number of pyridine rings is 1. The fraction of sp³-hybridized carbons (Fsp3) is 0.280. The Labute approximate surface area is 180 Å². The van der Waals surface area contributed by atoms with Crippen LogP contribution in [0.15, 0.2) is 53.3 Å². The summed E-state index contributed by atoms with van der Waals surface area (Å²) in [6.45, 7) is 5.49. The summed E-state index contributed by atoms with van der Waals surface area (Å²) in [5.41, 5.74) is 9.73. The molecule has 2 unspecified atom stereocenters. The summed E-state index contributed by atoms with van der Waals surface area (Å²) >= 11 is 0. The number of phenols is 1. The molecule has 1 aliphatic rings. The van der Waals surface area contributed by atoms with Crippen molar-refractivity contribution in [1.82, 2.24) is 4.57 Å². The van der Waals surface area contributed by atoms with E-state index in [-0.39, 0.29) is 41.1 Å². The summed E-state index contributed by atoms with van der Waals surface area (Å²) in [5.74, 6) is -0.285. The Morgan fingerprint density at radius 2 is 1.87 bits per heavy atom. The maximum atomic E-state index is 13.6. The average molecular weight is 418 g/mol. The number of hydrogen-bond acceptors (Lipinski definition) is 5. The number of aryl methyl sites for hydroxylation is 1. The minimum absolute atomic E-state index is 0.00662. The Hall–Kier alpha value is -3.54. The number of carbonyl (C=O) groups is 1. The monoisotopic (exact) mass is 418 g/mol. The maximum absolute atomic E-state index is 13.6. The van der Waals surface area contributed by atoms with Gasteiger partial charge in [-0.15, -0.1) is 0 Å². The molecular weight excluding hydrogens is 392 g/mol. The maximum Gasteiger partial charge on any atom is 0.341 e. The molecule has 1 heterocycles. The number of nitrogens with zero attached hydrogens (tertiary/aromatic N) is 1. The smallest absolute Gasteiger partial charge is 0.341 e. The third-order valence-electron chi connectivity index (χ3n) is 6.01. The lowest BCUT2D eigenvalue weighted by molar-refractivity contribution is 0.0527. The zero-order valence-corrected chi connectivity index (χ0v) is 17.9. The number of phenolic OH excluding ortho intramolecular Hbond substituents is 1. The normalized spacial score (nSPS) is 17.4. The van der Waals surface area contributed by atoms with Crippen LogP contribution in [0, 0.1) is 13.8 Å². The third kappa shape index (κ3) is 3.58. The minimum atomic E-state index is -0.567. The second kappa shape index (κ2) is 7.95. The highest BCUT2D eigenvalue weighted by Crippen LogP contribution is 2.54. The van der Waals surface area contributed by atoms with Crippen LogP contribution in [0.3, 0.4) is 0 Å². The lowest BCUT2D eigenvalue weighted by Crippen LogP contribution is -2.28. The first-order valence-corrected chi connectivity index (χ1v) is 10.4. The molecule has 6 nitrogen and oxygen atoms in total. The van der Waals surface area contributed by atoms with Gasteiger partial charge in [0.05, 0.1) is 12.3 Å². The van der Waals surface area contributed by atoms with Gasteiger partial charge < -0.3 is 15.6 Å². The van der Waals surface area contributed by atoms with Crippen LogP contribution in [0.4, 0.5) is 5.82 Å². The fourth-order valence-electron chi connectivity index (χ4n) is 4.29. The quantitative estimate of drug-likeness (QED) is 0.606. The van der Waals surface area contributed by atoms with Gasteiger partial charge in [0.15, 0.2) is 0 Å². The first-order valence-electron chi connectivity index (χ1n) is 10.4. The predicted octanol–water partition coefficient (Wildman–Crippen LogP) is 4.19. The number of nitrogen functional groups attached to an aromatic ring is 1. The van der Waals surface area contributed by atoms with E-state index < -0.39 is 5.97 Å². The van der Waals surface area contributed by atoms with E-state index >= 15 is 0 Å². The summed E-state index contributed by atoms with van der Waals surface area (Å²) in [6, 6.07) is 14.9. The molecule has 3 N–H and O–H groups in total. The average Bonchev–Trinajstić information content (AvgIpc) is 3.55. The van der Waals surface area contributed by atoms with Crippen LogP contribution in [0.2, 0.25) is 0 Å². The number of rotatable bonds is 5. The first kappa shape index (κ1) is 20.7. The molecule has 1 saturated carbocycles. The minimum Gasteiger partial charge on any atom is -0.508 e. The van der Waals surface area contributed by atoms with Gasteiger partial charge in [0.1, 0.15) is 17.1 Å². The highest BCUT2D eigenvalue weighted by atomic mass is 16.5. The summed E-state index contributed by atoms with van der Waals surface area (Å²) in [6.07, 6.45) is 0.823. The largest absolute Gasteiger partial charge is 0.508 e. The standard InChI is InChI=1S/C25H26N2O4/c1-4-31-25(30)20-13-19(18-12-17(18)16-8-6-5-7-9-16)24(29)27(23(20)26)22-14(2)10-11-21(28)15(22)3/h5-11,13,17-18,28H,4,12,26H2,1-3H3. The molecule has 6 heteroatoms. The SMILES string of the molecule is CCOC(=O)c1cc(C2CC2c2ccccc2)c(=O)n(-c2c(C)ccc(O)c2C)c1N. The van der Waals surface area contributed by atoms with Crippen LogP contribution in [0.25, 0.3) is 5.69 Å². The Kier molecular flexibility index (Phi) is 5.31. The van der Waals surface area contributed by atoms with Gasteiger partial charge in [0, 0.05) is 11.1 Å². The number of benzene rings is 2. The molecule has 0 saturated heterocycles. The van der Waals surface area contributed by atoms with Crippen LogP contribution in [0.5, 0.6) is 5.75 Å². The number of anilines is 1. The van der Waals surface area contributed by atoms with Gasteiger partial charge in [-0.3, -0.25) is 9.36 Å². The zero-order chi connectivity index (χ0) is 22.3. The molecule has 0 amide bonds. The molecule has 1 aromatic heterocycles. The van der Waals surface area contributed by atoms with Gasteiger partial charge in [0.25, 0.3) is 5.56 Å². The molecule has 2 atom stereocenters. The van der Waals surface area contributed by atoms with Crippen molar-refractivity contribution in [1.29, 1.82) is 0 Å². The topological polar surface area (TPSA) is 94.5 Å². The molecule has 0 aliphatic heterocycles. The van der Waals surface area contributed by atoms with Crippen LogP contribution >= 0.6 is 0 Å². The molecule has 4 rings (SSSR count). The third-order valence-corrected chi connectivity index (χ3v) is 6.01. The number of carbonyl (C=O) groups excluding carboxylic acids is 1. The van der Waals surface area contributed by atoms with Gasteiger partial charge in [-0.2, -0.15) is 0 Å². The van der Waals surface area contributed by atoms with Gasteiger partial charge in [0.2, 0.25) is 0 Å². The zero-order valence-electron chi connectivity index (χ0n) is 17.9. The molecular formula is C25H26N2O4. The number of esters is 1. The Morgan fingerprint density at radius 3 is 2.55 bits per heavy atom. The number of nitrogens with two attached hydrogens (primary N) is 1. The second-order valence-corrected chi connectivity index (χ2v) is 7.99. The number of hydrogen-bond donors (Lipinski definition) is 2. The van der Waals surface area contributed by atoms with Crippen LogP contribution < -0.4 is 11.3 Å². The summed E-state index contributed by atoms with van der Waals surface area (Å²) in [7, 11) is 0. The summed E-state index contributed by atoms with van der Waals surface area (Å²) in [5, 5.41) is 10.3. The lowest BCUT2D eigenvalue weighted by Gasteiger charge is -2.19. The van der Waals surface area contributed by atoms with Crippen molar-refractivity contribution in [3.8, 4) is 11.4 Å². The Balaban J connectivity index is 1.93. The number of aromatic nitrogens is 1. The van der Waals surface area contributed by atoms with Crippen molar-refractivity contribution >= 4 is 11.8 Å². The van der Waals surface area contributed by atoms with E-state index in [0.717, 1.165) is 17.5 Å². The number of ether oxygens (including phenoxy) is 1. The first-order chi connectivity index (χ1) is 14.8. The molecule has 1 fully saturated rings. The van der Waals surface area contributed by atoms with Gasteiger partial charge >= 0.3 is 5.97 Å². The fourth-order valence-corrected chi connectivity index (χ4v) is 4.29. The lowest BCUT2D eigenvalue weighted by atomic mass is 10.0. The van der Waals surface area contributed by atoms with Crippen molar-refractivity contribution in [3.05, 3.63) is 86.7 Å². The van der Waals surface area contributed by atoms with Crippen molar-refractivity contribution in [2.24, 2.45) is 0 Å². The van der Waals surface area contributed by atoms with Crippen LogP contribution in [0.1, 0.15) is 57.8 Å². The van der Waals surface area contributed by atoms with E-state index in [9.17, 15) is 14.7 Å². The van der Waals surface area contributed by atoms with Gasteiger partial charge in [-0.25, -0.2) is 4.79 Å². The highest BCUT2D eigenvalue weighted by Gasteiger charge is 2.42. The summed E-state index contributed by atoms with van der Waals surface area (Å²) < 4.78 is 6.56. The van der Waals surface area contributed by atoms with E-state index in [1.807, 2.05) is 25.1 Å². The highest BCUT2D eigenvalue weighted by molar-refractivity contribution is 5.95. The molecule has 3 aromatic rings. The molecule has 0 spiro atoms. The van der Waals surface area contributed by atoms with Crippen molar-refractivity contribution < 1.29 is 14.6 Å². The Morgan fingerprint density at radius 1 is 1.16 bits per heavy atom. The molecule has 1 aliphatic carbocycles. The van der Waals surface area contributed by atoms with E-state index in [4.69, 9.17) is 10.5 Å². The van der Waals surface area contributed by atoms with Crippen molar-refractivity contribution in [2.45, 2.75) is 39.0 Å². The van der Waals surface area contributed by atoms with E-state index in [1.54, 1.807) is 32.0 Å². The molecule has 31 heavy (non-hydrogen) atoms. The number of aromatic hydroxyl groups is 1. The summed E-state index contributed by atoms with van der Waals surface area (Å²) in [4.78, 5) is 26.3. The van der Waals surface area contributed by atoms with Crippen molar-refractivity contribution in [3.63, 3.8) is 0 Å². The molecule has 2 aromatic carbocycles. The van der Waals surface area contributed by atoms with Crippen LogP contribution in [-0.2, 0) is 4.74 Å². The second-order valence-electron chi connectivity index (χ2n) is 7.99. The van der Waals surface area contributed by atoms with Crippen LogP contribution in [-0.4, -0.2) is 22.2 Å². The predicted molar refractivity (Wildman–Crippen MR) is 120 cm³/mol. The van der Waals surface area contributed by atoms with Crippen molar-refractivity contribution in [2.75, 3.05) is 12.3 Å². The van der Waals surface area contributed by atoms with Gasteiger partial charge in [-0.1, -0.05) is 36.4 Å². The Bertz CT molecular complexity index is 1210. The molecule has 0 bridgehead atoms.